The van der Waals surface area contributed by atoms with E-state index < -0.39 is 0 Å². The first kappa shape index (κ1) is 21.4. The normalized spacial score (nSPS) is 23.5. The number of nitrogens with one attached hydrogen (secondary N) is 2. The van der Waals surface area contributed by atoms with Crippen LogP contribution in [0.5, 0.6) is 0 Å². The summed E-state index contributed by atoms with van der Waals surface area (Å²) in [5, 5.41) is 6.61. The van der Waals surface area contributed by atoms with Crippen molar-refractivity contribution < 1.29 is 9.47 Å². The van der Waals surface area contributed by atoms with Crippen molar-refractivity contribution in [2.45, 2.75) is 22.0 Å². The Morgan fingerprint density at radius 3 is 1.58 bits per heavy atom. The molecule has 2 heterocycles. The summed E-state index contributed by atoms with van der Waals surface area (Å²) < 4.78 is 13.1. The van der Waals surface area contributed by atoms with Gasteiger partial charge in [-0.05, 0) is 45.9 Å². The average Bonchev–Trinajstić information content (AvgIpc) is 2.72. The van der Waals surface area contributed by atoms with Gasteiger partial charge in [0, 0.05) is 36.0 Å². The zero-order chi connectivity index (χ0) is 18.2. The van der Waals surface area contributed by atoms with E-state index in [-0.39, 0.29) is 12.2 Å². The molecule has 142 valence electrons. The number of hydrogen-bond donors (Lipinski definition) is 2. The maximum absolute atomic E-state index is 5.68. The summed E-state index contributed by atoms with van der Waals surface area (Å²) in [6, 6.07) is 8.46. The van der Waals surface area contributed by atoms with Gasteiger partial charge in [0.15, 0.2) is 0 Å². The first-order chi connectivity index (χ1) is 12.7. The monoisotopic (exact) mass is 464 g/mol. The molecule has 0 aromatic heterocycles. The smallest absolute Gasteiger partial charge is 0.112 e. The SMILES string of the molecule is S=C(SSc1ccc(SSC(=S)C2CNCCO2)cc1)C1CNCCO1. The largest absolute Gasteiger partial charge is 0.369 e. The Labute approximate surface area is 180 Å². The van der Waals surface area contributed by atoms with E-state index in [9.17, 15) is 0 Å². The molecule has 2 saturated heterocycles. The summed E-state index contributed by atoms with van der Waals surface area (Å²) >= 11 is 10.9. The molecule has 0 radical (unpaired) electrons. The molecule has 26 heavy (non-hydrogen) atoms. The fraction of sp³-hybridized carbons (Fsp3) is 0.500. The molecule has 0 spiro atoms. The van der Waals surface area contributed by atoms with Gasteiger partial charge in [0.2, 0.25) is 0 Å². The molecule has 2 aliphatic heterocycles. The third-order valence-corrected chi connectivity index (χ3v) is 9.99. The van der Waals surface area contributed by atoms with Gasteiger partial charge in [0.25, 0.3) is 0 Å². The molecule has 0 aliphatic carbocycles. The maximum Gasteiger partial charge on any atom is 0.112 e. The fourth-order valence-corrected chi connectivity index (χ4v) is 6.93. The summed E-state index contributed by atoms with van der Waals surface area (Å²) in [4.78, 5) is 2.36. The number of ether oxygens (including phenoxy) is 2. The Balaban J connectivity index is 1.40. The minimum atomic E-state index is 0.0278. The zero-order valence-electron chi connectivity index (χ0n) is 14.0. The van der Waals surface area contributed by atoms with Gasteiger partial charge in [0.05, 0.1) is 21.6 Å². The van der Waals surface area contributed by atoms with Crippen molar-refractivity contribution >= 4 is 76.0 Å². The van der Waals surface area contributed by atoms with E-state index >= 15 is 0 Å². The van der Waals surface area contributed by atoms with Crippen LogP contribution in [0.1, 0.15) is 0 Å². The Kier molecular flexibility index (Phi) is 9.52. The average molecular weight is 465 g/mol. The molecule has 3 rings (SSSR count). The Morgan fingerprint density at radius 2 is 1.23 bits per heavy atom. The van der Waals surface area contributed by atoms with E-state index in [1.54, 1.807) is 43.2 Å². The lowest BCUT2D eigenvalue weighted by Crippen LogP contribution is -2.41. The van der Waals surface area contributed by atoms with Crippen molar-refractivity contribution in [1.29, 1.82) is 0 Å². The van der Waals surface area contributed by atoms with Crippen LogP contribution in [0.3, 0.4) is 0 Å². The number of hydrogen-bond acceptors (Lipinski definition) is 10. The van der Waals surface area contributed by atoms with Crippen LogP contribution in [0.15, 0.2) is 34.1 Å². The molecular weight excluding hydrogens is 445 g/mol. The molecular formula is C16H20N2O2S6. The van der Waals surface area contributed by atoms with Crippen molar-refractivity contribution in [2.24, 2.45) is 0 Å². The van der Waals surface area contributed by atoms with Gasteiger partial charge in [0.1, 0.15) is 12.2 Å². The van der Waals surface area contributed by atoms with Gasteiger partial charge in [-0.15, -0.1) is 0 Å². The van der Waals surface area contributed by atoms with E-state index in [2.05, 4.69) is 34.9 Å². The van der Waals surface area contributed by atoms with Crippen LogP contribution in [0.4, 0.5) is 0 Å². The molecule has 4 nitrogen and oxygen atoms in total. The number of benzene rings is 1. The number of rotatable bonds is 6. The molecule has 2 unspecified atom stereocenters. The van der Waals surface area contributed by atoms with Crippen molar-refractivity contribution in [3.8, 4) is 0 Å². The second kappa shape index (κ2) is 11.6. The Morgan fingerprint density at radius 1 is 0.808 bits per heavy atom. The molecule has 2 aliphatic rings. The van der Waals surface area contributed by atoms with Crippen LogP contribution in [-0.4, -0.2) is 60.0 Å². The van der Waals surface area contributed by atoms with E-state index in [0.717, 1.165) is 47.8 Å². The molecule has 2 atom stereocenters. The zero-order valence-corrected chi connectivity index (χ0v) is 18.9. The van der Waals surface area contributed by atoms with Crippen molar-refractivity contribution in [3.63, 3.8) is 0 Å². The molecule has 2 fully saturated rings. The van der Waals surface area contributed by atoms with E-state index in [0.29, 0.717) is 0 Å². The summed E-state index contributed by atoms with van der Waals surface area (Å²) in [5.41, 5.74) is 0. The van der Waals surface area contributed by atoms with Crippen LogP contribution in [-0.2, 0) is 9.47 Å². The third-order valence-electron chi connectivity index (χ3n) is 3.64. The summed E-state index contributed by atoms with van der Waals surface area (Å²) in [7, 11) is 6.56. The highest BCUT2D eigenvalue weighted by Gasteiger charge is 2.20. The molecule has 0 saturated carbocycles. The molecule has 1 aromatic rings. The lowest BCUT2D eigenvalue weighted by atomic mass is 10.3. The highest BCUT2D eigenvalue weighted by Crippen LogP contribution is 2.37. The van der Waals surface area contributed by atoms with Gasteiger partial charge >= 0.3 is 0 Å². The highest BCUT2D eigenvalue weighted by atomic mass is 33.1. The third kappa shape index (κ3) is 6.91. The highest BCUT2D eigenvalue weighted by molar-refractivity contribution is 8.84. The number of thiocarbonyl (C=S) groups is 2. The predicted octanol–water partition coefficient (Wildman–Crippen LogP) is 3.80. The van der Waals surface area contributed by atoms with Crippen LogP contribution in [0.2, 0.25) is 0 Å². The first-order valence-corrected chi connectivity index (χ1v) is 13.4. The minimum Gasteiger partial charge on any atom is -0.369 e. The lowest BCUT2D eigenvalue weighted by Gasteiger charge is -2.23. The van der Waals surface area contributed by atoms with Gasteiger partial charge < -0.3 is 20.1 Å². The summed E-state index contributed by atoms with van der Waals surface area (Å²) in [6.07, 6.45) is 0.0555. The Bertz CT molecular complexity index is 550. The van der Waals surface area contributed by atoms with Gasteiger partial charge in [-0.1, -0.05) is 46.0 Å². The number of morpholine rings is 2. The van der Waals surface area contributed by atoms with Crippen LogP contribution >= 0.6 is 67.6 Å². The minimum absolute atomic E-state index is 0.0278. The van der Waals surface area contributed by atoms with Crippen LogP contribution in [0.25, 0.3) is 0 Å². The second-order valence-electron chi connectivity index (χ2n) is 5.57. The molecule has 2 N–H and O–H groups in total. The van der Waals surface area contributed by atoms with Gasteiger partial charge in [-0.2, -0.15) is 0 Å². The maximum atomic E-state index is 5.68. The lowest BCUT2D eigenvalue weighted by molar-refractivity contribution is 0.0743. The van der Waals surface area contributed by atoms with Gasteiger partial charge in [-0.3, -0.25) is 0 Å². The molecule has 0 amide bonds. The fourth-order valence-electron chi connectivity index (χ4n) is 2.27. The molecule has 10 heteroatoms. The second-order valence-corrected chi connectivity index (χ2v) is 11.5. The molecule has 1 aromatic carbocycles. The Hall–Kier alpha value is 0.640. The van der Waals surface area contributed by atoms with Crippen molar-refractivity contribution in [2.75, 3.05) is 39.4 Å². The van der Waals surface area contributed by atoms with E-state index in [1.165, 1.54) is 9.79 Å². The summed E-state index contributed by atoms with van der Waals surface area (Å²) in [6.45, 7) is 4.87. The van der Waals surface area contributed by atoms with Gasteiger partial charge in [-0.25, -0.2) is 0 Å². The van der Waals surface area contributed by atoms with Crippen molar-refractivity contribution in [1.82, 2.24) is 10.6 Å². The van der Waals surface area contributed by atoms with E-state index in [4.69, 9.17) is 33.9 Å². The standard InChI is InChI=1S/C16H20N2O2S6/c21-15(13-9-17-5-7-19-13)25-23-11-1-2-12(4-3-11)24-26-16(22)14-10-18-6-8-20-14/h1-4,13-14,17-18H,5-10H2. The quantitative estimate of drug-likeness (QED) is 0.480. The predicted molar refractivity (Wildman–Crippen MR) is 124 cm³/mol. The first-order valence-electron chi connectivity index (χ1n) is 8.24. The topological polar surface area (TPSA) is 42.5 Å². The van der Waals surface area contributed by atoms with Crippen LogP contribution < -0.4 is 10.6 Å². The van der Waals surface area contributed by atoms with Crippen LogP contribution in [0, 0.1) is 0 Å². The molecule has 0 bridgehead atoms. The van der Waals surface area contributed by atoms with Crippen molar-refractivity contribution in [3.05, 3.63) is 24.3 Å². The van der Waals surface area contributed by atoms with E-state index in [1.807, 2.05) is 0 Å². The summed E-state index contributed by atoms with van der Waals surface area (Å²) in [5.74, 6) is 0.